The molecule has 2 heteroatoms. The summed E-state index contributed by atoms with van der Waals surface area (Å²) in [6.07, 6.45) is 4.39. The van der Waals surface area contributed by atoms with Crippen molar-refractivity contribution in [2.45, 2.75) is 17.4 Å². The van der Waals surface area contributed by atoms with Gasteiger partial charge in [0.15, 0.2) is 5.78 Å². The standard InChI is InChI=1S/C12H12OS/c13-11-6-7-12(8-11)14-9-10-4-2-1-3-5-10/h1-7,12H,8-9H2/t12-/m0/s1. The third-order valence-corrected chi connectivity index (χ3v) is 3.46. The van der Waals surface area contributed by atoms with Crippen molar-refractivity contribution >= 4 is 17.5 Å². The van der Waals surface area contributed by atoms with Crippen LogP contribution in [-0.2, 0) is 10.5 Å². The van der Waals surface area contributed by atoms with Gasteiger partial charge < -0.3 is 0 Å². The summed E-state index contributed by atoms with van der Waals surface area (Å²) in [5.74, 6) is 1.25. The van der Waals surface area contributed by atoms with E-state index < -0.39 is 0 Å². The van der Waals surface area contributed by atoms with E-state index in [1.165, 1.54) is 5.56 Å². The Labute approximate surface area is 88.2 Å². The molecule has 14 heavy (non-hydrogen) atoms. The van der Waals surface area contributed by atoms with Crippen LogP contribution in [0, 0.1) is 0 Å². The molecule has 0 amide bonds. The average Bonchev–Trinajstić information content (AvgIpc) is 2.63. The summed E-state index contributed by atoms with van der Waals surface area (Å²) in [6, 6.07) is 10.4. The van der Waals surface area contributed by atoms with E-state index in [1.807, 2.05) is 36.0 Å². The molecular weight excluding hydrogens is 192 g/mol. The van der Waals surface area contributed by atoms with Crippen LogP contribution in [0.5, 0.6) is 0 Å². The molecule has 0 saturated heterocycles. The molecular formula is C12H12OS. The van der Waals surface area contributed by atoms with E-state index in [9.17, 15) is 4.79 Å². The number of benzene rings is 1. The summed E-state index contributed by atoms with van der Waals surface area (Å²) in [5.41, 5.74) is 1.32. The predicted octanol–water partition coefficient (Wildman–Crippen LogP) is 2.82. The Morgan fingerprint density at radius 1 is 1.29 bits per heavy atom. The summed E-state index contributed by atoms with van der Waals surface area (Å²) in [5, 5.41) is 0.391. The molecule has 0 N–H and O–H groups in total. The number of hydrogen-bond donors (Lipinski definition) is 0. The minimum Gasteiger partial charge on any atom is -0.295 e. The number of allylic oxidation sites excluding steroid dienone is 1. The van der Waals surface area contributed by atoms with Crippen LogP contribution in [0.1, 0.15) is 12.0 Å². The Hall–Kier alpha value is -1.02. The van der Waals surface area contributed by atoms with Gasteiger partial charge in [-0.3, -0.25) is 4.79 Å². The monoisotopic (exact) mass is 204 g/mol. The number of carbonyl (C=O) groups excluding carboxylic acids is 1. The van der Waals surface area contributed by atoms with Crippen molar-refractivity contribution in [3.63, 3.8) is 0 Å². The Morgan fingerprint density at radius 3 is 2.71 bits per heavy atom. The van der Waals surface area contributed by atoms with Crippen LogP contribution >= 0.6 is 11.8 Å². The molecule has 0 aliphatic heterocycles. The maximum atomic E-state index is 11.0. The summed E-state index contributed by atoms with van der Waals surface area (Å²) in [7, 11) is 0. The summed E-state index contributed by atoms with van der Waals surface area (Å²) >= 11 is 1.83. The topological polar surface area (TPSA) is 17.1 Å². The molecule has 0 heterocycles. The van der Waals surface area contributed by atoms with Gasteiger partial charge in [-0.15, -0.1) is 11.8 Å². The molecule has 72 valence electrons. The zero-order chi connectivity index (χ0) is 9.80. The van der Waals surface area contributed by atoms with E-state index in [0.717, 1.165) is 5.75 Å². The first-order valence-corrected chi connectivity index (χ1v) is 5.76. The van der Waals surface area contributed by atoms with Gasteiger partial charge >= 0.3 is 0 Å². The SMILES string of the molecule is O=C1C=C[C@H](SCc2ccccc2)C1. The van der Waals surface area contributed by atoms with E-state index in [1.54, 1.807) is 6.08 Å². The quantitative estimate of drug-likeness (QED) is 0.753. The summed E-state index contributed by atoms with van der Waals surface area (Å²) < 4.78 is 0. The smallest absolute Gasteiger partial charge is 0.156 e. The molecule has 0 unspecified atom stereocenters. The Morgan fingerprint density at radius 2 is 2.07 bits per heavy atom. The van der Waals surface area contributed by atoms with Crippen LogP contribution < -0.4 is 0 Å². The van der Waals surface area contributed by atoms with E-state index in [2.05, 4.69) is 12.1 Å². The summed E-state index contributed by atoms with van der Waals surface area (Å²) in [6.45, 7) is 0. The average molecular weight is 204 g/mol. The number of hydrogen-bond acceptors (Lipinski definition) is 2. The molecule has 0 saturated carbocycles. The third kappa shape index (κ3) is 2.48. The highest BCUT2D eigenvalue weighted by molar-refractivity contribution is 7.99. The Kier molecular flexibility index (Phi) is 3.04. The lowest BCUT2D eigenvalue weighted by Gasteiger charge is -2.05. The normalized spacial score (nSPS) is 20.3. The molecule has 0 fully saturated rings. The maximum absolute atomic E-state index is 11.0. The van der Waals surface area contributed by atoms with Crippen molar-refractivity contribution in [3.05, 3.63) is 48.0 Å². The van der Waals surface area contributed by atoms with Crippen LogP contribution in [0.2, 0.25) is 0 Å². The molecule has 1 aromatic rings. The summed E-state index contributed by atoms with van der Waals surface area (Å²) in [4.78, 5) is 11.0. The molecule has 1 nitrogen and oxygen atoms in total. The number of thioether (sulfide) groups is 1. The third-order valence-electron chi connectivity index (χ3n) is 2.21. The second kappa shape index (κ2) is 4.47. The molecule has 0 bridgehead atoms. The molecule has 1 aromatic carbocycles. The highest BCUT2D eigenvalue weighted by Gasteiger charge is 2.15. The van der Waals surface area contributed by atoms with Crippen LogP contribution in [0.3, 0.4) is 0 Å². The highest BCUT2D eigenvalue weighted by atomic mass is 32.2. The molecule has 1 aliphatic rings. The minimum absolute atomic E-state index is 0.260. The fourth-order valence-corrected chi connectivity index (χ4v) is 2.51. The fraction of sp³-hybridized carbons (Fsp3) is 0.250. The lowest BCUT2D eigenvalue weighted by atomic mass is 10.2. The highest BCUT2D eigenvalue weighted by Crippen LogP contribution is 2.24. The van der Waals surface area contributed by atoms with E-state index in [-0.39, 0.29) is 5.78 Å². The van der Waals surface area contributed by atoms with Crippen LogP contribution in [0.15, 0.2) is 42.5 Å². The van der Waals surface area contributed by atoms with Crippen molar-refractivity contribution in [1.82, 2.24) is 0 Å². The Bertz CT molecular complexity index is 343. The lowest BCUT2D eigenvalue weighted by Crippen LogP contribution is -1.98. The van der Waals surface area contributed by atoms with Crippen molar-refractivity contribution < 1.29 is 4.79 Å². The molecule has 0 aromatic heterocycles. The van der Waals surface area contributed by atoms with E-state index in [0.29, 0.717) is 11.7 Å². The second-order valence-corrected chi connectivity index (χ2v) is 4.59. The fourth-order valence-electron chi connectivity index (χ4n) is 1.44. The van der Waals surface area contributed by atoms with Crippen molar-refractivity contribution in [1.29, 1.82) is 0 Å². The minimum atomic E-state index is 0.260. The molecule has 0 spiro atoms. The first kappa shape index (κ1) is 9.53. The first-order valence-electron chi connectivity index (χ1n) is 4.71. The second-order valence-electron chi connectivity index (χ2n) is 3.36. The van der Waals surface area contributed by atoms with Gasteiger partial charge in [0, 0.05) is 17.4 Å². The largest absolute Gasteiger partial charge is 0.295 e. The van der Waals surface area contributed by atoms with Gasteiger partial charge in [-0.2, -0.15) is 0 Å². The van der Waals surface area contributed by atoms with Gasteiger partial charge in [-0.25, -0.2) is 0 Å². The zero-order valence-corrected chi connectivity index (χ0v) is 8.67. The van der Waals surface area contributed by atoms with Crippen molar-refractivity contribution in [2.75, 3.05) is 0 Å². The van der Waals surface area contributed by atoms with Crippen molar-refractivity contribution in [2.24, 2.45) is 0 Å². The van der Waals surface area contributed by atoms with Gasteiger partial charge in [0.2, 0.25) is 0 Å². The van der Waals surface area contributed by atoms with E-state index >= 15 is 0 Å². The molecule has 0 radical (unpaired) electrons. The van der Waals surface area contributed by atoms with Crippen LogP contribution in [0.4, 0.5) is 0 Å². The van der Waals surface area contributed by atoms with Gasteiger partial charge in [-0.05, 0) is 11.6 Å². The van der Waals surface area contributed by atoms with Crippen LogP contribution in [0.25, 0.3) is 0 Å². The maximum Gasteiger partial charge on any atom is 0.156 e. The molecule has 1 aliphatic carbocycles. The number of carbonyl (C=O) groups is 1. The van der Waals surface area contributed by atoms with Gasteiger partial charge in [0.05, 0.1) is 0 Å². The van der Waals surface area contributed by atoms with Gasteiger partial charge in [0.25, 0.3) is 0 Å². The van der Waals surface area contributed by atoms with Gasteiger partial charge in [-0.1, -0.05) is 36.4 Å². The number of rotatable bonds is 3. The number of ketones is 1. The van der Waals surface area contributed by atoms with E-state index in [4.69, 9.17) is 0 Å². The first-order chi connectivity index (χ1) is 6.84. The predicted molar refractivity (Wildman–Crippen MR) is 60.3 cm³/mol. The van der Waals surface area contributed by atoms with Gasteiger partial charge in [0.1, 0.15) is 0 Å². The van der Waals surface area contributed by atoms with Crippen LogP contribution in [-0.4, -0.2) is 11.0 Å². The van der Waals surface area contributed by atoms with Crippen molar-refractivity contribution in [3.8, 4) is 0 Å². The molecule has 2 rings (SSSR count). The Balaban J connectivity index is 1.84. The lowest BCUT2D eigenvalue weighted by molar-refractivity contribution is -0.113. The zero-order valence-electron chi connectivity index (χ0n) is 7.85. The molecule has 1 atom stereocenters.